The van der Waals surface area contributed by atoms with E-state index in [1.807, 2.05) is 0 Å². The Balaban J connectivity index is 4.29. The number of rotatable bonds is 31. The van der Waals surface area contributed by atoms with Gasteiger partial charge >= 0.3 is 7.82 Å². The molecule has 3 atom stereocenters. The number of unbranched alkanes of at least 4 members (excludes halogenated alkanes) is 15. The average molecular weight is 617 g/mol. The summed E-state index contributed by atoms with van der Waals surface area (Å²) in [5, 5.41) is 13.6. The first-order valence-corrected chi connectivity index (χ1v) is 18.4. The highest BCUT2D eigenvalue weighted by atomic mass is 31.2. The van der Waals surface area contributed by atoms with Gasteiger partial charge in [-0.2, -0.15) is 0 Å². The molecule has 0 aliphatic rings. The molecule has 0 aliphatic carbocycles. The number of nitrogens with two attached hydrogens (primary N) is 1. The summed E-state index contributed by atoms with van der Waals surface area (Å²) in [6, 6.07) is -0.776. The Morgan fingerprint density at radius 1 is 0.786 bits per heavy atom. The molecule has 0 aromatic carbocycles. The molecule has 8 nitrogen and oxygen atoms in total. The second kappa shape index (κ2) is 30.0. The highest BCUT2D eigenvalue weighted by molar-refractivity contribution is 7.47. The van der Waals surface area contributed by atoms with Crippen LogP contribution in [0.3, 0.4) is 0 Å². The van der Waals surface area contributed by atoms with E-state index >= 15 is 0 Å². The van der Waals surface area contributed by atoms with Gasteiger partial charge in [0.1, 0.15) is 0 Å². The van der Waals surface area contributed by atoms with Crippen molar-refractivity contribution in [1.82, 2.24) is 5.32 Å². The van der Waals surface area contributed by atoms with E-state index in [0.717, 1.165) is 64.2 Å². The molecule has 0 heterocycles. The summed E-state index contributed by atoms with van der Waals surface area (Å²) in [5.41, 5.74) is 5.33. The molecule has 1 amide bonds. The van der Waals surface area contributed by atoms with Gasteiger partial charge in [0.15, 0.2) is 0 Å². The molecule has 0 radical (unpaired) electrons. The quantitative estimate of drug-likeness (QED) is 0.0350. The van der Waals surface area contributed by atoms with Crippen molar-refractivity contribution < 1.29 is 28.4 Å². The van der Waals surface area contributed by atoms with E-state index in [0.29, 0.717) is 12.8 Å². The first-order valence-electron chi connectivity index (χ1n) is 17.0. The van der Waals surface area contributed by atoms with Crippen LogP contribution in [-0.2, 0) is 18.4 Å². The smallest absolute Gasteiger partial charge is 0.391 e. The van der Waals surface area contributed by atoms with Crippen LogP contribution >= 0.6 is 7.82 Å². The summed E-state index contributed by atoms with van der Waals surface area (Å²) < 4.78 is 21.9. The molecule has 42 heavy (non-hydrogen) atoms. The van der Waals surface area contributed by atoms with Crippen molar-refractivity contribution in [3.05, 3.63) is 24.3 Å². The van der Waals surface area contributed by atoms with E-state index in [9.17, 15) is 19.4 Å². The zero-order chi connectivity index (χ0) is 31.2. The van der Waals surface area contributed by atoms with Gasteiger partial charge in [-0.15, -0.1) is 0 Å². The Morgan fingerprint density at radius 3 is 1.93 bits per heavy atom. The number of carbonyl (C=O) groups is 1. The molecule has 9 heteroatoms. The fourth-order valence-corrected chi connectivity index (χ4v) is 5.45. The summed E-state index contributed by atoms with van der Waals surface area (Å²) in [4.78, 5) is 22.5. The average Bonchev–Trinajstić information content (AvgIpc) is 2.97. The summed E-state index contributed by atoms with van der Waals surface area (Å²) >= 11 is 0. The van der Waals surface area contributed by atoms with Crippen LogP contribution in [0.2, 0.25) is 0 Å². The number of phosphoric ester groups is 1. The maximum absolute atomic E-state index is 12.6. The Hall–Kier alpha value is -1.02. The lowest BCUT2D eigenvalue weighted by atomic mass is 10.0. The predicted octanol–water partition coefficient (Wildman–Crippen LogP) is 8.27. The zero-order valence-corrected chi connectivity index (χ0v) is 27.9. The van der Waals surface area contributed by atoms with Crippen LogP contribution in [0.1, 0.15) is 149 Å². The van der Waals surface area contributed by atoms with Gasteiger partial charge < -0.3 is 21.1 Å². The molecular formula is C33H65N2O6P. The monoisotopic (exact) mass is 616 g/mol. The number of aliphatic hydroxyl groups is 1. The molecule has 0 aromatic rings. The molecular weight excluding hydrogens is 551 g/mol. The highest BCUT2D eigenvalue weighted by Crippen LogP contribution is 2.43. The lowest BCUT2D eigenvalue weighted by Crippen LogP contribution is -2.46. The summed E-state index contributed by atoms with van der Waals surface area (Å²) in [7, 11) is -4.30. The molecule has 248 valence electrons. The second-order valence-electron chi connectivity index (χ2n) is 11.4. The first-order chi connectivity index (χ1) is 20.4. The Bertz CT molecular complexity index is 719. The van der Waals surface area contributed by atoms with Crippen molar-refractivity contribution in [2.75, 3.05) is 19.8 Å². The van der Waals surface area contributed by atoms with Crippen LogP contribution in [0.4, 0.5) is 0 Å². The highest BCUT2D eigenvalue weighted by Gasteiger charge is 2.27. The topological polar surface area (TPSA) is 131 Å². The number of allylic oxidation sites excluding steroid dienone is 4. The largest absolute Gasteiger partial charge is 0.472 e. The van der Waals surface area contributed by atoms with Gasteiger partial charge in [-0.25, -0.2) is 4.57 Å². The maximum Gasteiger partial charge on any atom is 0.472 e. The standard InChI is InChI=1S/C33H65N2O6P/c1-3-5-7-9-11-13-14-15-16-17-18-19-21-23-25-27-33(37)35-31(30-41-42(38,39)40-29-28-34)32(36)26-24-22-20-12-10-8-6-4-2/h11,13,15-16,31-32,36H,3-10,12,14,17-30,34H2,1-2H3,(H,35,37)(H,38,39)/b13-11-,16-15-. The number of hydrogen-bond acceptors (Lipinski definition) is 6. The molecule has 5 N–H and O–H groups in total. The molecule has 3 unspecified atom stereocenters. The van der Waals surface area contributed by atoms with Gasteiger partial charge in [0, 0.05) is 13.0 Å². The fraction of sp³-hybridized carbons (Fsp3) is 0.848. The maximum atomic E-state index is 12.6. The van der Waals surface area contributed by atoms with E-state index in [-0.39, 0.29) is 25.7 Å². The molecule has 0 aliphatic heterocycles. The number of aliphatic hydroxyl groups excluding tert-OH is 1. The third kappa shape index (κ3) is 27.8. The number of carbonyl (C=O) groups excluding carboxylic acids is 1. The second-order valence-corrected chi connectivity index (χ2v) is 12.8. The van der Waals surface area contributed by atoms with Crippen molar-refractivity contribution in [2.45, 2.75) is 161 Å². The minimum atomic E-state index is -4.30. The minimum absolute atomic E-state index is 0.0860. The number of amides is 1. The van der Waals surface area contributed by atoms with Gasteiger partial charge in [-0.3, -0.25) is 13.8 Å². The van der Waals surface area contributed by atoms with E-state index in [1.165, 1.54) is 57.8 Å². The number of nitrogens with one attached hydrogen (secondary N) is 1. The van der Waals surface area contributed by atoms with Crippen LogP contribution in [-0.4, -0.2) is 47.8 Å². The third-order valence-electron chi connectivity index (χ3n) is 7.31. The van der Waals surface area contributed by atoms with Crippen molar-refractivity contribution >= 4 is 13.7 Å². The van der Waals surface area contributed by atoms with Crippen LogP contribution in [0.25, 0.3) is 0 Å². The van der Waals surface area contributed by atoms with Crippen LogP contribution in [0.15, 0.2) is 24.3 Å². The Labute approximate surface area is 257 Å². The van der Waals surface area contributed by atoms with Gasteiger partial charge in [0.2, 0.25) is 5.91 Å². The van der Waals surface area contributed by atoms with E-state index in [1.54, 1.807) is 0 Å². The lowest BCUT2D eigenvalue weighted by molar-refractivity contribution is -0.123. The molecule has 0 rings (SSSR count). The van der Waals surface area contributed by atoms with Gasteiger partial charge in [-0.05, 0) is 44.9 Å². The molecule has 0 saturated carbocycles. The van der Waals surface area contributed by atoms with Crippen LogP contribution < -0.4 is 11.1 Å². The zero-order valence-electron chi connectivity index (χ0n) is 27.0. The summed E-state index contributed by atoms with van der Waals surface area (Å²) in [5.74, 6) is -0.181. The molecule has 0 aromatic heterocycles. The lowest BCUT2D eigenvalue weighted by Gasteiger charge is -2.25. The predicted molar refractivity (Wildman–Crippen MR) is 175 cm³/mol. The summed E-state index contributed by atoms with van der Waals surface area (Å²) in [6.45, 7) is 4.10. The van der Waals surface area contributed by atoms with Gasteiger partial charge in [0.25, 0.3) is 0 Å². The number of hydrogen-bond donors (Lipinski definition) is 4. The molecule has 0 bridgehead atoms. The third-order valence-corrected chi connectivity index (χ3v) is 8.29. The molecule has 0 saturated heterocycles. The Kier molecular flexibility index (Phi) is 29.3. The van der Waals surface area contributed by atoms with Gasteiger partial charge in [-0.1, -0.05) is 122 Å². The van der Waals surface area contributed by atoms with Crippen molar-refractivity contribution in [2.24, 2.45) is 5.73 Å². The van der Waals surface area contributed by atoms with Crippen LogP contribution in [0.5, 0.6) is 0 Å². The van der Waals surface area contributed by atoms with E-state index in [4.69, 9.17) is 14.8 Å². The normalized spacial score (nSPS) is 14.9. The van der Waals surface area contributed by atoms with Gasteiger partial charge in [0.05, 0.1) is 25.4 Å². The SMILES string of the molecule is CCCCC/C=C\C/C=C\CCCCCCCC(=O)NC(COP(=O)(O)OCCN)C(O)CCCCCCCCCC. The van der Waals surface area contributed by atoms with E-state index < -0.39 is 20.0 Å². The Morgan fingerprint density at radius 2 is 1.31 bits per heavy atom. The molecule has 0 spiro atoms. The van der Waals surface area contributed by atoms with Crippen molar-refractivity contribution in [3.8, 4) is 0 Å². The van der Waals surface area contributed by atoms with Crippen LogP contribution in [0, 0.1) is 0 Å². The minimum Gasteiger partial charge on any atom is -0.391 e. The summed E-state index contributed by atoms with van der Waals surface area (Å²) in [6.07, 6.45) is 30.4. The fourth-order valence-electron chi connectivity index (χ4n) is 4.69. The molecule has 0 fully saturated rings. The van der Waals surface area contributed by atoms with Crippen molar-refractivity contribution in [3.63, 3.8) is 0 Å². The first kappa shape index (κ1) is 41.0. The van der Waals surface area contributed by atoms with E-state index in [2.05, 4.69) is 43.5 Å². The number of phosphoric acid groups is 1. The van der Waals surface area contributed by atoms with Crippen molar-refractivity contribution in [1.29, 1.82) is 0 Å².